The lowest BCUT2D eigenvalue weighted by Crippen LogP contribution is -2.52. The summed E-state index contributed by atoms with van der Waals surface area (Å²) in [4.78, 5) is 33.5. The highest BCUT2D eigenvalue weighted by atomic mass is 16.3. The van der Waals surface area contributed by atoms with E-state index in [0.717, 1.165) is 17.8 Å². The van der Waals surface area contributed by atoms with Crippen molar-refractivity contribution >= 4 is 11.8 Å². The van der Waals surface area contributed by atoms with Crippen LogP contribution in [0.25, 0.3) is 0 Å². The molecule has 6 nitrogen and oxygen atoms in total. The number of fused-ring (bicyclic) bond motifs is 1. The van der Waals surface area contributed by atoms with Gasteiger partial charge in [-0.1, -0.05) is 6.07 Å². The molecule has 0 bridgehead atoms. The van der Waals surface area contributed by atoms with Gasteiger partial charge in [-0.05, 0) is 44.0 Å². The van der Waals surface area contributed by atoms with Crippen molar-refractivity contribution in [3.8, 4) is 0 Å². The number of rotatable bonds is 3. The van der Waals surface area contributed by atoms with E-state index in [1.807, 2.05) is 34.9 Å². The Balaban J connectivity index is 1.54. The molecule has 130 valence electrons. The first-order chi connectivity index (χ1) is 12.1. The predicted octanol–water partition coefficient (Wildman–Crippen LogP) is 2.39. The number of amides is 2. The van der Waals surface area contributed by atoms with E-state index < -0.39 is 0 Å². The molecule has 2 amide bonds. The molecular weight excluding hydrogens is 318 g/mol. The fourth-order valence-electron chi connectivity index (χ4n) is 4.01. The van der Waals surface area contributed by atoms with E-state index in [1.54, 1.807) is 12.1 Å². The van der Waals surface area contributed by atoms with Gasteiger partial charge in [0.25, 0.3) is 5.91 Å². The van der Waals surface area contributed by atoms with Crippen LogP contribution in [0.3, 0.4) is 0 Å². The number of furan rings is 1. The largest absolute Gasteiger partial charge is 0.459 e. The number of nitrogens with zero attached hydrogens (tertiary/aromatic N) is 3. The van der Waals surface area contributed by atoms with Crippen LogP contribution in [-0.4, -0.2) is 45.2 Å². The molecule has 6 heteroatoms. The molecule has 0 unspecified atom stereocenters. The summed E-state index contributed by atoms with van der Waals surface area (Å²) in [5.74, 6) is 0.432. The number of carbonyl (C=O) groups is 2. The van der Waals surface area contributed by atoms with Gasteiger partial charge in [-0.15, -0.1) is 0 Å². The van der Waals surface area contributed by atoms with Gasteiger partial charge in [0.1, 0.15) is 0 Å². The molecule has 2 aliphatic heterocycles. The normalized spacial score (nSPS) is 23.0. The molecule has 2 aromatic heterocycles. The number of piperidine rings is 1. The molecule has 2 atom stereocenters. The molecule has 2 aliphatic rings. The van der Waals surface area contributed by atoms with Gasteiger partial charge in [0, 0.05) is 18.7 Å². The third kappa shape index (κ3) is 2.92. The van der Waals surface area contributed by atoms with Crippen molar-refractivity contribution in [3.05, 3.63) is 53.7 Å². The van der Waals surface area contributed by atoms with Crippen LogP contribution < -0.4 is 0 Å². The van der Waals surface area contributed by atoms with E-state index in [1.165, 1.54) is 6.26 Å². The summed E-state index contributed by atoms with van der Waals surface area (Å²) in [5.41, 5.74) is 1.84. The van der Waals surface area contributed by atoms with Gasteiger partial charge in [0.2, 0.25) is 5.91 Å². The minimum atomic E-state index is -0.0829. The molecular formula is C19H21N3O3. The van der Waals surface area contributed by atoms with Gasteiger partial charge in [-0.25, -0.2) is 0 Å². The second kappa shape index (κ2) is 6.35. The Morgan fingerprint density at radius 2 is 2.12 bits per heavy atom. The third-order valence-corrected chi connectivity index (χ3v) is 5.16. The second-order valence-corrected chi connectivity index (χ2v) is 6.73. The summed E-state index contributed by atoms with van der Waals surface area (Å²) in [6.45, 7) is 3.11. The molecule has 2 saturated heterocycles. The molecule has 4 rings (SSSR count). The zero-order chi connectivity index (χ0) is 17.4. The molecule has 0 N–H and O–H groups in total. The molecule has 2 fully saturated rings. The van der Waals surface area contributed by atoms with Crippen molar-refractivity contribution in [3.63, 3.8) is 0 Å². The first-order valence-electron chi connectivity index (χ1n) is 8.70. The maximum Gasteiger partial charge on any atom is 0.289 e. The van der Waals surface area contributed by atoms with Gasteiger partial charge >= 0.3 is 0 Å². The van der Waals surface area contributed by atoms with Crippen molar-refractivity contribution in [1.82, 2.24) is 14.8 Å². The van der Waals surface area contributed by atoms with E-state index in [4.69, 9.17) is 4.42 Å². The molecule has 0 radical (unpaired) electrons. The number of carbonyl (C=O) groups excluding carboxylic acids is 2. The Hall–Kier alpha value is -2.63. The zero-order valence-electron chi connectivity index (χ0n) is 14.2. The lowest BCUT2D eigenvalue weighted by atomic mass is 9.96. The maximum absolute atomic E-state index is 12.7. The first kappa shape index (κ1) is 15.9. The Kier molecular flexibility index (Phi) is 4.03. The maximum atomic E-state index is 12.7. The summed E-state index contributed by atoms with van der Waals surface area (Å²) >= 11 is 0. The molecule has 4 heterocycles. The quantitative estimate of drug-likeness (QED) is 0.861. The lowest BCUT2D eigenvalue weighted by Gasteiger charge is -2.39. The van der Waals surface area contributed by atoms with Crippen molar-refractivity contribution in [1.29, 1.82) is 0 Å². The Morgan fingerprint density at radius 1 is 1.24 bits per heavy atom. The fourth-order valence-corrected chi connectivity index (χ4v) is 4.01. The first-order valence-corrected chi connectivity index (χ1v) is 8.70. The van der Waals surface area contributed by atoms with E-state index in [-0.39, 0.29) is 23.9 Å². The predicted molar refractivity (Wildman–Crippen MR) is 90.7 cm³/mol. The van der Waals surface area contributed by atoms with Crippen LogP contribution in [0.4, 0.5) is 0 Å². The van der Waals surface area contributed by atoms with Crippen molar-refractivity contribution in [2.45, 2.75) is 44.8 Å². The Labute approximate surface area is 146 Å². The van der Waals surface area contributed by atoms with Crippen LogP contribution in [0.2, 0.25) is 0 Å². The third-order valence-electron chi connectivity index (χ3n) is 5.16. The fraction of sp³-hybridized carbons (Fsp3) is 0.421. The highest BCUT2D eigenvalue weighted by molar-refractivity contribution is 5.92. The summed E-state index contributed by atoms with van der Waals surface area (Å²) in [6, 6.07) is 9.39. The number of hydrogen-bond donors (Lipinski definition) is 0. The van der Waals surface area contributed by atoms with E-state index in [2.05, 4.69) is 4.98 Å². The highest BCUT2D eigenvalue weighted by Crippen LogP contribution is 2.33. The van der Waals surface area contributed by atoms with Gasteiger partial charge in [-0.2, -0.15) is 0 Å². The van der Waals surface area contributed by atoms with Crippen LogP contribution >= 0.6 is 0 Å². The van der Waals surface area contributed by atoms with Crippen LogP contribution in [-0.2, 0) is 11.3 Å². The van der Waals surface area contributed by atoms with Gasteiger partial charge in [-0.3, -0.25) is 14.6 Å². The number of hydrogen-bond acceptors (Lipinski definition) is 4. The van der Waals surface area contributed by atoms with Crippen LogP contribution in [0.5, 0.6) is 0 Å². The van der Waals surface area contributed by atoms with Crippen molar-refractivity contribution < 1.29 is 14.0 Å². The van der Waals surface area contributed by atoms with Gasteiger partial charge in [0.15, 0.2) is 5.76 Å². The minimum absolute atomic E-state index is 0.0557. The number of pyridine rings is 1. The van der Waals surface area contributed by atoms with E-state index in [0.29, 0.717) is 31.7 Å². The Morgan fingerprint density at radius 3 is 2.88 bits per heavy atom. The van der Waals surface area contributed by atoms with Crippen LogP contribution in [0, 0.1) is 6.92 Å². The molecule has 2 aromatic rings. The monoisotopic (exact) mass is 339 g/mol. The van der Waals surface area contributed by atoms with Crippen LogP contribution in [0.1, 0.15) is 41.2 Å². The Bertz CT molecular complexity index is 787. The zero-order valence-corrected chi connectivity index (χ0v) is 14.2. The topological polar surface area (TPSA) is 66.7 Å². The van der Waals surface area contributed by atoms with Gasteiger partial charge < -0.3 is 14.2 Å². The number of likely N-dealkylation sites (tertiary alicyclic amines) is 2. The number of aryl methyl sites for hydroxylation is 1. The summed E-state index contributed by atoms with van der Waals surface area (Å²) < 4.78 is 5.26. The SMILES string of the molecule is Cc1cccc(CN2C(=O)CC[C@@H]3[C@H]2CCN3C(=O)c2ccco2)n1. The molecule has 0 aliphatic carbocycles. The van der Waals surface area contributed by atoms with Crippen LogP contribution in [0.15, 0.2) is 41.0 Å². The average Bonchev–Trinajstić information content (AvgIpc) is 3.26. The molecule has 0 spiro atoms. The summed E-state index contributed by atoms with van der Waals surface area (Å²) in [7, 11) is 0. The second-order valence-electron chi connectivity index (χ2n) is 6.73. The van der Waals surface area contributed by atoms with E-state index >= 15 is 0 Å². The molecule has 0 aromatic carbocycles. The molecule has 25 heavy (non-hydrogen) atoms. The van der Waals surface area contributed by atoms with E-state index in [9.17, 15) is 9.59 Å². The number of aromatic nitrogens is 1. The average molecular weight is 339 g/mol. The van der Waals surface area contributed by atoms with Crippen molar-refractivity contribution in [2.75, 3.05) is 6.54 Å². The highest BCUT2D eigenvalue weighted by Gasteiger charge is 2.45. The lowest BCUT2D eigenvalue weighted by molar-refractivity contribution is -0.138. The van der Waals surface area contributed by atoms with Crippen molar-refractivity contribution in [2.24, 2.45) is 0 Å². The summed E-state index contributed by atoms with van der Waals surface area (Å²) in [5, 5.41) is 0. The summed E-state index contributed by atoms with van der Waals surface area (Å²) in [6.07, 6.45) is 3.50. The molecule has 0 saturated carbocycles. The van der Waals surface area contributed by atoms with Gasteiger partial charge in [0.05, 0.1) is 30.6 Å². The minimum Gasteiger partial charge on any atom is -0.459 e. The standard InChI is InChI=1S/C19H21N3O3/c1-13-4-2-5-14(20-13)12-22-16-9-10-21(15(16)7-8-18(22)23)19(24)17-6-3-11-25-17/h2-6,11,15-16H,7-10,12H2,1H3/t15-,16-/m1/s1. The smallest absolute Gasteiger partial charge is 0.289 e.